The Morgan fingerprint density at radius 1 is 1.00 bits per heavy atom. The molecule has 1 N–H and O–H groups in total. The lowest BCUT2D eigenvalue weighted by Gasteiger charge is -2.10. The molecule has 0 aliphatic heterocycles. The van der Waals surface area contributed by atoms with Crippen LogP contribution < -0.4 is 5.32 Å². The van der Waals surface area contributed by atoms with Gasteiger partial charge < -0.3 is 5.32 Å². The van der Waals surface area contributed by atoms with Gasteiger partial charge >= 0.3 is 0 Å². The highest BCUT2D eigenvalue weighted by molar-refractivity contribution is 9.10. The first-order chi connectivity index (χ1) is 9.72. The monoisotopic (exact) mass is 326 g/mol. The van der Waals surface area contributed by atoms with E-state index in [4.69, 9.17) is 0 Å². The van der Waals surface area contributed by atoms with E-state index in [-0.39, 0.29) is 0 Å². The number of aryl methyl sites for hydroxylation is 1. The molecule has 0 atom stereocenters. The molecule has 1 heterocycles. The van der Waals surface area contributed by atoms with Crippen LogP contribution in [0.5, 0.6) is 0 Å². The number of hydrogen-bond donors (Lipinski definition) is 1. The Morgan fingerprint density at radius 2 is 1.80 bits per heavy atom. The van der Waals surface area contributed by atoms with Crippen molar-refractivity contribution in [3.8, 4) is 0 Å². The van der Waals surface area contributed by atoms with E-state index in [1.807, 2.05) is 13.0 Å². The van der Waals surface area contributed by atoms with Gasteiger partial charge in [0.25, 0.3) is 0 Å². The molecule has 0 unspecified atom stereocenters. The maximum Gasteiger partial charge on any atom is 0.0936 e. The topological polar surface area (TPSA) is 24.9 Å². The first-order valence-electron chi connectivity index (χ1n) is 6.57. The molecule has 0 fully saturated rings. The number of aromatic nitrogens is 1. The van der Waals surface area contributed by atoms with E-state index >= 15 is 0 Å². The second-order valence-corrected chi connectivity index (χ2v) is 5.73. The molecule has 3 aromatic rings. The average molecular weight is 327 g/mol. The van der Waals surface area contributed by atoms with Gasteiger partial charge in [-0.1, -0.05) is 46.3 Å². The minimum absolute atomic E-state index is 0.794. The van der Waals surface area contributed by atoms with Crippen LogP contribution in [0.3, 0.4) is 0 Å². The number of halogens is 1. The Morgan fingerprint density at radius 3 is 2.60 bits per heavy atom. The van der Waals surface area contributed by atoms with E-state index in [2.05, 4.69) is 74.8 Å². The summed E-state index contributed by atoms with van der Waals surface area (Å²) in [6.07, 6.45) is 0. The van der Waals surface area contributed by atoms with Gasteiger partial charge in [0, 0.05) is 22.1 Å². The SMILES string of the molecule is Cc1ccc2cccc(NCc3ccc(Br)cc3)c2n1. The first kappa shape index (κ1) is 13.1. The van der Waals surface area contributed by atoms with Gasteiger partial charge in [0.2, 0.25) is 0 Å². The number of nitrogens with zero attached hydrogens (tertiary/aromatic N) is 1. The summed E-state index contributed by atoms with van der Waals surface area (Å²) in [5.41, 5.74) is 4.40. The predicted molar refractivity (Wildman–Crippen MR) is 87.9 cm³/mol. The van der Waals surface area contributed by atoms with Crippen LogP contribution in [0.1, 0.15) is 11.3 Å². The van der Waals surface area contributed by atoms with Crippen molar-refractivity contribution in [2.75, 3.05) is 5.32 Å². The lowest BCUT2D eigenvalue weighted by atomic mass is 10.1. The minimum Gasteiger partial charge on any atom is -0.379 e. The summed E-state index contributed by atoms with van der Waals surface area (Å²) in [5.74, 6) is 0. The Balaban J connectivity index is 1.87. The predicted octanol–water partition coefficient (Wildman–Crippen LogP) is 4.92. The number of benzene rings is 2. The van der Waals surface area contributed by atoms with Crippen LogP contribution in [-0.4, -0.2) is 4.98 Å². The molecule has 3 heteroatoms. The van der Waals surface area contributed by atoms with Gasteiger partial charge in [0.05, 0.1) is 11.2 Å². The molecule has 20 heavy (non-hydrogen) atoms. The number of nitrogens with one attached hydrogen (secondary N) is 1. The summed E-state index contributed by atoms with van der Waals surface area (Å²) in [4.78, 5) is 4.63. The second kappa shape index (κ2) is 5.63. The highest BCUT2D eigenvalue weighted by Crippen LogP contribution is 2.22. The summed E-state index contributed by atoms with van der Waals surface area (Å²) < 4.78 is 1.10. The van der Waals surface area contributed by atoms with Crippen molar-refractivity contribution in [2.24, 2.45) is 0 Å². The second-order valence-electron chi connectivity index (χ2n) is 4.81. The number of fused-ring (bicyclic) bond motifs is 1. The van der Waals surface area contributed by atoms with Gasteiger partial charge in [0.15, 0.2) is 0 Å². The zero-order valence-corrected chi connectivity index (χ0v) is 12.8. The number of hydrogen-bond acceptors (Lipinski definition) is 2. The van der Waals surface area contributed by atoms with E-state index < -0.39 is 0 Å². The smallest absolute Gasteiger partial charge is 0.0936 e. The highest BCUT2D eigenvalue weighted by Gasteiger charge is 2.02. The average Bonchev–Trinajstić information content (AvgIpc) is 2.47. The summed E-state index contributed by atoms with van der Waals surface area (Å²) in [6.45, 7) is 2.81. The zero-order chi connectivity index (χ0) is 13.9. The minimum atomic E-state index is 0.794. The molecule has 0 aliphatic rings. The molecule has 0 aliphatic carbocycles. The summed E-state index contributed by atoms with van der Waals surface area (Å²) in [6, 6.07) is 18.7. The fourth-order valence-electron chi connectivity index (χ4n) is 2.19. The van der Waals surface area contributed by atoms with Crippen molar-refractivity contribution in [1.29, 1.82) is 0 Å². The summed E-state index contributed by atoms with van der Waals surface area (Å²) >= 11 is 3.45. The van der Waals surface area contributed by atoms with Crippen LogP contribution in [-0.2, 0) is 6.54 Å². The van der Waals surface area contributed by atoms with E-state index in [0.717, 1.165) is 33.3 Å². The molecular weight excluding hydrogens is 312 g/mol. The van der Waals surface area contributed by atoms with Gasteiger partial charge in [-0.3, -0.25) is 4.98 Å². The van der Waals surface area contributed by atoms with Gasteiger partial charge in [-0.15, -0.1) is 0 Å². The van der Waals surface area contributed by atoms with Crippen molar-refractivity contribution < 1.29 is 0 Å². The fraction of sp³-hybridized carbons (Fsp3) is 0.118. The van der Waals surface area contributed by atoms with Crippen molar-refractivity contribution in [1.82, 2.24) is 4.98 Å². The lowest BCUT2D eigenvalue weighted by Crippen LogP contribution is -2.00. The number of rotatable bonds is 3. The molecule has 0 saturated carbocycles. The standard InChI is InChI=1S/C17H15BrN2/c1-12-5-8-14-3-2-4-16(17(14)20-12)19-11-13-6-9-15(18)10-7-13/h2-10,19H,11H2,1H3. The quantitative estimate of drug-likeness (QED) is 0.739. The third kappa shape index (κ3) is 2.83. The van der Waals surface area contributed by atoms with E-state index in [9.17, 15) is 0 Å². The molecule has 0 saturated heterocycles. The van der Waals surface area contributed by atoms with Crippen LogP contribution in [0, 0.1) is 6.92 Å². The van der Waals surface area contributed by atoms with Gasteiger partial charge in [-0.2, -0.15) is 0 Å². The number of anilines is 1. The Labute approximate surface area is 127 Å². The first-order valence-corrected chi connectivity index (χ1v) is 7.36. The molecular formula is C17H15BrN2. The van der Waals surface area contributed by atoms with E-state index in [1.165, 1.54) is 5.56 Å². The largest absolute Gasteiger partial charge is 0.379 e. The number of para-hydroxylation sites is 1. The van der Waals surface area contributed by atoms with Gasteiger partial charge in [0.1, 0.15) is 0 Å². The molecule has 100 valence electrons. The van der Waals surface area contributed by atoms with Crippen LogP contribution >= 0.6 is 15.9 Å². The van der Waals surface area contributed by atoms with Crippen molar-refractivity contribution >= 4 is 32.5 Å². The van der Waals surface area contributed by atoms with Gasteiger partial charge in [-0.25, -0.2) is 0 Å². The third-order valence-corrected chi connectivity index (χ3v) is 3.78. The molecule has 1 aromatic heterocycles. The van der Waals surface area contributed by atoms with Crippen molar-refractivity contribution in [2.45, 2.75) is 13.5 Å². The van der Waals surface area contributed by atoms with Gasteiger partial charge in [-0.05, 0) is 36.8 Å². The molecule has 0 spiro atoms. The van der Waals surface area contributed by atoms with Crippen LogP contribution in [0.25, 0.3) is 10.9 Å². The zero-order valence-electron chi connectivity index (χ0n) is 11.2. The molecule has 0 amide bonds. The summed E-state index contributed by atoms with van der Waals surface area (Å²) in [5, 5.41) is 4.64. The van der Waals surface area contributed by atoms with Crippen molar-refractivity contribution in [3.05, 3.63) is 70.3 Å². The molecule has 2 aromatic carbocycles. The normalized spacial score (nSPS) is 10.7. The molecule has 2 nitrogen and oxygen atoms in total. The maximum absolute atomic E-state index is 4.63. The molecule has 3 rings (SSSR count). The van der Waals surface area contributed by atoms with Crippen LogP contribution in [0.2, 0.25) is 0 Å². The number of pyridine rings is 1. The maximum atomic E-state index is 4.63. The Hall–Kier alpha value is -1.87. The molecule has 0 bridgehead atoms. The van der Waals surface area contributed by atoms with Crippen molar-refractivity contribution in [3.63, 3.8) is 0 Å². The van der Waals surface area contributed by atoms with E-state index in [0.29, 0.717) is 0 Å². The highest BCUT2D eigenvalue weighted by atomic mass is 79.9. The Bertz CT molecular complexity index is 736. The van der Waals surface area contributed by atoms with Crippen LogP contribution in [0.15, 0.2) is 59.1 Å². The third-order valence-electron chi connectivity index (χ3n) is 3.26. The van der Waals surface area contributed by atoms with Crippen LogP contribution in [0.4, 0.5) is 5.69 Å². The van der Waals surface area contributed by atoms with E-state index in [1.54, 1.807) is 0 Å². The summed E-state index contributed by atoms with van der Waals surface area (Å²) in [7, 11) is 0. The fourth-order valence-corrected chi connectivity index (χ4v) is 2.45. The Kier molecular flexibility index (Phi) is 3.70. The molecule has 0 radical (unpaired) electrons. The lowest BCUT2D eigenvalue weighted by molar-refractivity contribution is 1.14.